The van der Waals surface area contributed by atoms with Gasteiger partial charge in [0, 0.05) is 11.5 Å². The van der Waals surface area contributed by atoms with E-state index in [1.165, 1.54) is 18.2 Å². The SMILES string of the molecule is O=c1ccc2cc(OCC(CO)OP(=O)(O)O)ccc2o1. The molecule has 114 valence electrons. The van der Waals surface area contributed by atoms with Crippen LogP contribution >= 0.6 is 7.82 Å². The molecule has 0 radical (unpaired) electrons. The molecule has 8 nitrogen and oxygen atoms in total. The van der Waals surface area contributed by atoms with Crippen LogP contribution in [0.25, 0.3) is 11.0 Å². The van der Waals surface area contributed by atoms with Gasteiger partial charge < -0.3 is 24.0 Å². The molecule has 0 aliphatic carbocycles. The summed E-state index contributed by atoms with van der Waals surface area (Å²) in [7, 11) is -4.69. The fraction of sp³-hybridized carbons (Fsp3) is 0.250. The normalized spacial score (nSPS) is 13.3. The van der Waals surface area contributed by atoms with Crippen molar-refractivity contribution in [2.75, 3.05) is 13.2 Å². The summed E-state index contributed by atoms with van der Waals surface area (Å²) in [4.78, 5) is 28.4. The Morgan fingerprint density at radius 1 is 1.24 bits per heavy atom. The molecule has 2 aromatic rings. The molecule has 1 unspecified atom stereocenters. The van der Waals surface area contributed by atoms with Crippen molar-refractivity contribution in [2.45, 2.75) is 6.10 Å². The van der Waals surface area contributed by atoms with Crippen molar-refractivity contribution in [2.24, 2.45) is 0 Å². The Hall–Kier alpha value is -1.70. The van der Waals surface area contributed by atoms with Crippen LogP contribution in [0.15, 0.2) is 39.5 Å². The number of hydrogen-bond donors (Lipinski definition) is 3. The summed E-state index contributed by atoms with van der Waals surface area (Å²) in [5, 5.41) is 9.60. The second kappa shape index (κ2) is 6.38. The van der Waals surface area contributed by atoms with Gasteiger partial charge in [-0.2, -0.15) is 0 Å². The molecule has 3 N–H and O–H groups in total. The van der Waals surface area contributed by atoms with E-state index in [0.717, 1.165) is 0 Å². The molecule has 1 aromatic carbocycles. The molecular weight excluding hydrogens is 303 g/mol. The van der Waals surface area contributed by atoms with Crippen LogP contribution in [-0.2, 0) is 9.09 Å². The van der Waals surface area contributed by atoms with Crippen LogP contribution in [0.2, 0.25) is 0 Å². The van der Waals surface area contributed by atoms with Gasteiger partial charge in [-0.25, -0.2) is 9.36 Å². The van der Waals surface area contributed by atoms with Crippen LogP contribution in [0.4, 0.5) is 0 Å². The second-order valence-electron chi connectivity index (χ2n) is 4.17. The summed E-state index contributed by atoms with van der Waals surface area (Å²) in [6.07, 6.45) is -1.16. The maximum absolute atomic E-state index is 11.0. The zero-order valence-electron chi connectivity index (χ0n) is 10.7. The molecule has 0 spiro atoms. The van der Waals surface area contributed by atoms with Gasteiger partial charge in [0.25, 0.3) is 0 Å². The number of phosphoric ester groups is 1. The van der Waals surface area contributed by atoms with E-state index in [2.05, 4.69) is 4.52 Å². The van der Waals surface area contributed by atoms with Crippen molar-refractivity contribution >= 4 is 18.8 Å². The van der Waals surface area contributed by atoms with Crippen LogP contribution in [0.1, 0.15) is 0 Å². The molecule has 1 atom stereocenters. The van der Waals surface area contributed by atoms with Gasteiger partial charge in [-0.1, -0.05) is 0 Å². The number of ether oxygens (including phenoxy) is 1. The van der Waals surface area contributed by atoms with E-state index in [0.29, 0.717) is 16.7 Å². The molecule has 1 aromatic heterocycles. The summed E-state index contributed by atoms with van der Waals surface area (Å²) >= 11 is 0. The molecule has 0 saturated heterocycles. The minimum Gasteiger partial charge on any atom is -0.491 e. The first-order valence-electron chi connectivity index (χ1n) is 5.89. The fourth-order valence-electron chi connectivity index (χ4n) is 1.64. The highest BCUT2D eigenvalue weighted by molar-refractivity contribution is 7.46. The van der Waals surface area contributed by atoms with Crippen LogP contribution in [0.3, 0.4) is 0 Å². The molecule has 0 amide bonds. The number of hydrogen-bond acceptors (Lipinski definition) is 6. The molecule has 0 aliphatic rings. The first kappa shape index (κ1) is 15.7. The lowest BCUT2D eigenvalue weighted by Gasteiger charge is -2.16. The first-order chi connectivity index (χ1) is 9.87. The number of aliphatic hydroxyl groups excluding tert-OH is 1. The second-order valence-corrected chi connectivity index (χ2v) is 5.36. The Balaban J connectivity index is 2.07. The zero-order chi connectivity index (χ0) is 15.5. The van der Waals surface area contributed by atoms with Gasteiger partial charge in [-0.3, -0.25) is 4.52 Å². The number of rotatable bonds is 6. The number of phosphoric acid groups is 1. The van der Waals surface area contributed by atoms with Crippen molar-refractivity contribution in [3.05, 3.63) is 40.8 Å². The van der Waals surface area contributed by atoms with Gasteiger partial charge in [0.15, 0.2) is 0 Å². The summed E-state index contributed by atoms with van der Waals surface area (Å²) < 4.78 is 25.3. The minimum absolute atomic E-state index is 0.246. The number of fused-ring (bicyclic) bond motifs is 1. The van der Waals surface area contributed by atoms with E-state index < -0.39 is 26.2 Å². The topological polar surface area (TPSA) is 126 Å². The summed E-state index contributed by atoms with van der Waals surface area (Å²) in [5.41, 5.74) is -0.0772. The Labute approximate surface area is 118 Å². The monoisotopic (exact) mass is 316 g/mol. The molecule has 1 heterocycles. The molecular formula is C12H13O8P. The van der Waals surface area contributed by atoms with Crippen molar-refractivity contribution < 1.29 is 33.1 Å². The maximum Gasteiger partial charge on any atom is 0.470 e. The molecule has 9 heteroatoms. The fourth-order valence-corrected chi connectivity index (χ4v) is 2.16. The highest BCUT2D eigenvalue weighted by atomic mass is 31.2. The van der Waals surface area contributed by atoms with Crippen molar-refractivity contribution in [3.8, 4) is 5.75 Å². The van der Waals surface area contributed by atoms with E-state index in [9.17, 15) is 9.36 Å². The molecule has 0 bridgehead atoms. The molecule has 2 rings (SSSR count). The zero-order valence-corrected chi connectivity index (χ0v) is 11.6. The predicted molar refractivity (Wildman–Crippen MR) is 72.0 cm³/mol. The third-order valence-corrected chi connectivity index (χ3v) is 3.09. The van der Waals surface area contributed by atoms with Gasteiger partial charge in [-0.05, 0) is 24.3 Å². The van der Waals surface area contributed by atoms with E-state index in [4.69, 9.17) is 24.0 Å². The van der Waals surface area contributed by atoms with Crippen LogP contribution in [0.5, 0.6) is 5.75 Å². The largest absolute Gasteiger partial charge is 0.491 e. The summed E-state index contributed by atoms with van der Waals surface area (Å²) in [5.74, 6) is 0.379. The Morgan fingerprint density at radius 3 is 2.67 bits per heavy atom. The average Bonchev–Trinajstić information content (AvgIpc) is 2.42. The number of aliphatic hydroxyl groups is 1. The Kier molecular flexibility index (Phi) is 4.76. The van der Waals surface area contributed by atoms with Gasteiger partial charge in [0.05, 0.1) is 6.61 Å². The number of benzene rings is 1. The van der Waals surface area contributed by atoms with Gasteiger partial charge >= 0.3 is 13.4 Å². The molecule has 0 fully saturated rings. The Morgan fingerprint density at radius 2 is 2.00 bits per heavy atom. The average molecular weight is 316 g/mol. The maximum atomic E-state index is 11.0. The lowest BCUT2D eigenvalue weighted by molar-refractivity contribution is 0.0465. The van der Waals surface area contributed by atoms with Gasteiger partial charge in [0.1, 0.15) is 24.0 Å². The predicted octanol–water partition coefficient (Wildman–Crippen LogP) is 0.642. The first-order valence-corrected chi connectivity index (χ1v) is 7.42. The molecule has 0 aliphatic heterocycles. The van der Waals surface area contributed by atoms with E-state index in [1.54, 1.807) is 12.1 Å². The van der Waals surface area contributed by atoms with Crippen molar-refractivity contribution in [1.29, 1.82) is 0 Å². The van der Waals surface area contributed by atoms with Crippen LogP contribution < -0.4 is 10.4 Å². The van der Waals surface area contributed by atoms with Gasteiger partial charge in [-0.15, -0.1) is 0 Å². The summed E-state index contributed by atoms with van der Waals surface area (Å²) in [6, 6.07) is 7.47. The third kappa shape index (κ3) is 4.66. The highest BCUT2D eigenvalue weighted by Crippen LogP contribution is 2.37. The van der Waals surface area contributed by atoms with E-state index in [-0.39, 0.29) is 6.61 Å². The minimum atomic E-state index is -4.69. The molecule has 0 saturated carbocycles. The third-order valence-electron chi connectivity index (χ3n) is 2.52. The quantitative estimate of drug-likeness (QED) is 0.523. The smallest absolute Gasteiger partial charge is 0.470 e. The van der Waals surface area contributed by atoms with Gasteiger partial charge in [0.2, 0.25) is 0 Å². The molecule has 21 heavy (non-hydrogen) atoms. The lowest BCUT2D eigenvalue weighted by Crippen LogP contribution is -2.24. The van der Waals surface area contributed by atoms with Crippen molar-refractivity contribution in [3.63, 3.8) is 0 Å². The van der Waals surface area contributed by atoms with Crippen LogP contribution in [0, 0.1) is 0 Å². The van der Waals surface area contributed by atoms with Crippen molar-refractivity contribution in [1.82, 2.24) is 0 Å². The Bertz CT molecular complexity index is 719. The van der Waals surface area contributed by atoms with E-state index in [1.807, 2.05) is 0 Å². The van der Waals surface area contributed by atoms with Crippen LogP contribution in [-0.4, -0.2) is 34.2 Å². The highest BCUT2D eigenvalue weighted by Gasteiger charge is 2.22. The summed E-state index contributed by atoms with van der Waals surface area (Å²) in [6.45, 7) is -0.850. The lowest BCUT2D eigenvalue weighted by atomic mass is 10.2. The standard InChI is InChI=1S/C12H13O8P/c13-6-10(20-21(15,16)17)7-18-9-2-3-11-8(5-9)1-4-12(14)19-11/h1-5,10,13H,6-7H2,(H2,15,16,17). The van der Waals surface area contributed by atoms with E-state index >= 15 is 0 Å².